The Balaban J connectivity index is 1.15. The van der Waals surface area contributed by atoms with Crippen molar-refractivity contribution >= 4 is 44.4 Å². The predicted octanol–water partition coefficient (Wildman–Crippen LogP) is 11.9. The Morgan fingerprint density at radius 1 is 0.420 bits per heavy atom. The highest BCUT2D eigenvalue weighted by Crippen LogP contribution is 2.41. The Bertz CT molecular complexity index is 2670. The van der Waals surface area contributed by atoms with Crippen molar-refractivity contribution in [3.8, 4) is 33.9 Å². The van der Waals surface area contributed by atoms with Crippen molar-refractivity contribution in [2.24, 2.45) is 0 Å². The Labute approximate surface area is 291 Å². The van der Waals surface area contributed by atoms with E-state index in [1.165, 1.54) is 55.3 Å². The van der Waals surface area contributed by atoms with Crippen molar-refractivity contribution in [1.29, 1.82) is 0 Å². The molecule has 0 radical (unpaired) electrons. The average Bonchev–Trinajstić information content (AvgIpc) is 3.71. The summed E-state index contributed by atoms with van der Waals surface area (Å²) in [6.07, 6.45) is 4.42. The molecule has 0 spiro atoms. The molecule has 0 saturated heterocycles. The summed E-state index contributed by atoms with van der Waals surface area (Å²) in [7, 11) is 0. The van der Waals surface area contributed by atoms with E-state index in [1.807, 2.05) is 0 Å². The molecule has 0 fully saturated rings. The lowest BCUT2D eigenvalue weighted by Gasteiger charge is -2.18. The zero-order valence-electron chi connectivity index (χ0n) is 27.5. The van der Waals surface area contributed by atoms with Crippen LogP contribution in [0.4, 0.5) is 0 Å². The van der Waals surface area contributed by atoms with Crippen LogP contribution in [-0.2, 0) is 6.42 Å². The van der Waals surface area contributed by atoms with Gasteiger partial charge in [0, 0.05) is 38.7 Å². The zero-order valence-corrected chi connectivity index (χ0v) is 27.5. The summed E-state index contributed by atoms with van der Waals surface area (Å²) in [4.78, 5) is 5.31. The van der Waals surface area contributed by atoms with E-state index >= 15 is 0 Å². The van der Waals surface area contributed by atoms with Gasteiger partial charge in [-0.3, -0.25) is 4.57 Å². The molecule has 236 valence electrons. The molecule has 50 heavy (non-hydrogen) atoms. The topological polar surface area (TPSA) is 22.8 Å². The Morgan fingerprint density at radius 3 is 1.80 bits per heavy atom. The monoisotopic (exact) mass is 639 g/mol. The van der Waals surface area contributed by atoms with Crippen LogP contribution in [0.1, 0.15) is 23.2 Å². The van der Waals surface area contributed by atoms with Crippen LogP contribution in [0, 0.1) is 0 Å². The quantitative estimate of drug-likeness (QED) is 0.184. The smallest absolute Gasteiger partial charge is 0.138 e. The van der Waals surface area contributed by atoms with Crippen molar-refractivity contribution in [1.82, 2.24) is 14.1 Å². The number of allylic oxidation sites excluding steroid dienone is 1. The van der Waals surface area contributed by atoms with Crippen LogP contribution in [0.25, 0.3) is 78.2 Å². The number of nitrogens with zero attached hydrogens (tertiary/aromatic N) is 3. The molecule has 6 aromatic carbocycles. The first-order chi connectivity index (χ1) is 24.8. The Morgan fingerprint density at radius 2 is 1.04 bits per heavy atom. The normalized spacial score (nSPS) is 12.8. The summed E-state index contributed by atoms with van der Waals surface area (Å²) in [5.41, 5.74) is 14.6. The van der Waals surface area contributed by atoms with E-state index in [-0.39, 0.29) is 0 Å². The minimum absolute atomic E-state index is 0.916. The lowest BCUT2D eigenvalue weighted by atomic mass is 9.90. The van der Waals surface area contributed by atoms with Gasteiger partial charge >= 0.3 is 0 Å². The molecule has 3 heterocycles. The van der Waals surface area contributed by atoms with Gasteiger partial charge in [0.25, 0.3) is 0 Å². The van der Waals surface area contributed by atoms with Crippen LogP contribution < -0.4 is 0 Å². The third-order valence-electron chi connectivity index (χ3n) is 10.2. The van der Waals surface area contributed by atoms with E-state index in [9.17, 15) is 0 Å². The highest BCUT2D eigenvalue weighted by Gasteiger charge is 2.23. The van der Waals surface area contributed by atoms with Gasteiger partial charge < -0.3 is 4.57 Å². The van der Waals surface area contributed by atoms with Crippen molar-refractivity contribution in [3.63, 3.8) is 0 Å². The maximum absolute atomic E-state index is 5.31. The molecule has 3 heteroatoms. The van der Waals surface area contributed by atoms with Gasteiger partial charge in [0.05, 0.1) is 22.2 Å². The summed E-state index contributed by atoms with van der Waals surface area (Å²) in [5, 5.41) is 3.78. The van der Waals surface area contributed by atoms with Gasteiger partial charge in [0.1, 0.15) is 5.82 Å². The molecule has 0 saturated carbocycles. The second kappa shape index (κ2) is 11.6. The highest BCUT2D eigenvalue weighted by atomic mass is 15.1. The fourth-order valence-corrected chi connectivity index (χ4v) is 7.93. The number of hydrogen-bond acceptors (Lipinski definition) is 1. The molecular formula is C47H33N3. The molecule has 9 aromatic rings. The van der Waals surface area contributed by atoms with E-state index < -0.39 is 0 Å². The minimum Gasteiger partial charge on any atom is -0.313 e. The molecule has 1 aliphatic rings. The minimum atomic E-state index is 0.916. The number of benzene rings is 6. The maximum atomic E-state index is 5.31. The molecule has 0 bridgehead atoms. The van der Waals surface area contributed by atoms with Gasteiger partial charge in [-0.05, 0) is 89.7 Å². The standard InChI is InChI=1S/C47H33N3/c1-4-14-32(15-5-1)36-30-42(33-16-6-2-7-17-33)48-47(31-36)50-44-23-13-11-21-39(44)41-29-35(25-27-46(41)50)34-24-26-45-40(28-34)38-20-10-12-22-43(38)49(45)37-18-8-3-9-19-37/h1-23,25,27-31H,24,26H2. The largest absolute Gasteiger partial charge is 0.313 e. The van der Waals surface area contributed by atoms with Crippen LogP contribution in [0.15, 0.2) is 170 Å². The summed E-state index contributed by atoms with van der Waals surface area (Å²) < 4.78 is 4.79. The summed E-state index contributed by atoms with van der Waals surface area (Å²) >= 11 is 0. The lowest BCUT2D eigenvalue weighted by molar-refractivity contribution is 0.898. The Kier molecular flexibility index (Phi) is 6.63. The number of rotatable bonds is 5. The van der Waals surface area contributed by atoms with Crippen LogP contribution >= 0.6 is 0 Å². The highest BCUT2D eigenvalue weighted by molar-refractivity contribution is 6.10. The van der Waals surface area contributed by atoms with Crippen molar-refractivity contribution in [2.75, 3.05) is 0 Å². The summed E-state index contributed by atoms with van der Waals surface area (Å²) in [6.45, 7) is 0. The molecular weight excluding hydrogens is 607 g/mol. The van der Waals surface area contributed by atoms with E-state index in [4.69, 9.17) is 4.98 Å². The van der Waals surface area contributed by atoms with Gasteiger partial charge in [-0.2, -0.15) is 0 Å². The number of hydrogen-bond donors (Lipinski definition) is 0. The van der Waals surface area contributed by atoms with Crippen LogP contribution in [0.2, 0.25) is 0 Å². The first kappa shape index (κ1) is 28.6. The van der Waals surface area contributed by atoms with Gasteiger partial charge in [-0.1, -0.05) is 121 Å². The molecule has 1 aliphatic carbocycles. The number of aromatic nitrogens is 3. The van der Waals surface area contributed by atoms with Crippen molar-refractivity contribution in [2.45, 2.75) is 12.8 Å². The predicted molar refractivity (Wildman–Crippen MR) is 209 cm³/mol. The second-order valence-corrected chi connectivity index (χ2v) is 13.1. The summed E-state index contributed by atoms with van der Waals surface area (Å²) in [5.74, 6) is 0.916. The fourth-order valence-electron chi connectivity index (χ4n) is 7.93. The molecule has 0 amide bonds. The number of para-hydroxylation sites is 3. The third kappa shape index (κ3) is 4.62. The van der Waals surface area contributed by atoms with Gasteiger partial charge in [0.2, 0.25) is 0 Å². The lowest BCUT2D eigenvalue weighted by Crippen LogP contribution is -2.05. The van der Waals surface area contributed by atoms with Gasteiger partial charge in [-0.25, -0.2) is 4.98 Å². The first-order valence-corrected chi connectivity index (χ1v) is 17.4. The molecule has 10 rings (SSSR count). The van der Waals surface area contributed by atoms with Crippen molar-refractivity contribution < 1.29 is 0 Å². The van der Waals surface area contributed by atoms with E-state index in [1.54, 1.807) is 0 Å². The van der Waals surface area contributed by atoms with Gasteiger partial charge in [-0.15, -0.1) is 0 Å². The Hall–Kier alpha value is -6.45. The van der Waals surface area contributed by atoms with E-state index in [0.29, 0.717) is 0 Å². The molecule has 3 nitrogen and oxygen atoms in total. The van der Waals surface area contributed by atoms with Crippen LogP contribution in [0.5, 0.6) is 0 Å². The molecule has 0 aliphatic heterocycles. The first-order valence-electron chi connectivity index (χ1n) is 17.4. The van der Waals surface area contributed by atoms with Gasteiger partial charge in [0.15, 0.2) is 0 Å². The maximum Gasteiger partial charge on any atom is 0.138 e. The van der Waals surface area contributed by atoms with Crippen molar-refractivity contribution in [3.05, 3.63) is 187 Å². The van der Waals surface area contributed by atoms with E-state index in [2.05, 4.69) is 185 Å². The molecule has 0 atom stereocenters. The fraction of sp³-hybridized carbons (Fsp3) is 0.0426. The third-order valence-corrected chi connectivity index (χ3v) is 10.2. The molecule has 0 N–H and O–H groups in total. The zero-order chi connectivity index (χ0) is 33.0. The average molecular weight is 640 g/mol. The SMILES string of the molecule is C1=C(c2ccc3c(c2)c2ccccc2n3-c2cc(-c3ccccc3)cc(-c3ccccc3)n2)CCc2c1c1ccccc1n2-c1ccccc1. The second-order valence-electron chi connectivity index (χ2n) is 13.1. The number of pyridine rings is 1. The number of fused-ring (bicyclic) bond motifs is 6. The molecule has 3 aromatic heterocycles. The van der Waals surface area contributed by atoms with Crippen LogP contribution in [-0.4, -0.2) is 14.1 Å². The molecule has 0 unspecified atom stereocenters. The van der Waals surface area contributed by atoms with E-state index in [0.717, 1.165) is 46.5 Å². The summed E-state index contributed by atoms with van der Waals surface area (Å²) in [6, 6.07) is 60.9. The van der Waals surface area contributed by atoms with Crippen LogP contribution in [0.3, 0.4) is 0 Å².